The first-order chi connectivity index (χ1) is 14.8. The Morgan fingerprint density at radius 2 is 1.97 bits per heavy atom. The van der Waals surface area contributed by atoms with Crippen molar-refractivity contribution in [2.24, 2.45) is 17.0 Å². The van der Waals surface area contributed by atoms with Gasteiger partial charge in [-0.2, -0.15) is 0 Å². The van der Waals surface area contributed by atoms with Crippen molar-refractivity contribution in [3.05, 3.63) is 76.7 Å². The van der Waals surface area contributed by atoms with E-state index in [4.69, 9.17) is 10.3 Å². The lowest BCUT2D eigenvalue weighted by atomic mass is 9.74. The van der Waals surface area contributed by atoms with E-state index in [0.717, 1.165) is 50.5 Å². The highest BCUT2D eigenvalue weighted by atomic mass is 16.5. The van der Waals surface area contributed by atoms with Crippen LogP contribution in [0.1, 0.15) is 56.9 Å². The maximum atomic E-state index is 12.9. The number of allylic oxidation sites excluding steroid dienone is 3. The van der Waals surface area contributed by atoms with Gasteiger partial charge in [0.15, 0.2) is 0 Å². The van der Waals surface area contributed by atoms with Gasteiger partial charge in [-0.3, -0.25) is 0 Å². The Morgan fingerprint density at radius 1 is 1.20 bits per heavy atom. The molecule has 0 radical (unpaired) electrons. The van der Waals surface area contributed by atoms with Gasteiger partial charge >= 0.3 is 5.97 Å². The van der Waals surface area contributed by atoms with E-state index in [-0.39, 0.29) is 25.0 Å². The molecule has 2 rings (SSSR count). The molecule has 5 nitrogen and oxygen atoms in total. The maximum Gasteiger partial charge on any atom is 0.333 e. The fourth-order valence-electron chi connectivity index (χ4n) is 3.96. The summed E-state index contributed by atoms with van der Waals surface area (Å²) in [5, 5.41) is 3.45. The van der Waals surface area contributed by atoms with Crippen LogP contribution in [-0.2, 0) is 9.53 Å². The van der Waals surface area contributed by atoms with Gasteiger partial charge in [-0.05, 0) is 61.5 Å². The molecular weight excluding hydrogens is 374 g/mol. The molecule has 160 valence electrons. The third-order valence-corrected chi connectivity index (χ3v) is 5.50. The Morgan fingerprint density at radius 3 is 2.73 bits per heavy atom. The molecule has 0 aliphatic heterocycles. The monoisotopic (exact) mass is 407 g/mol. The van der Waals surface area contributed by atoms with Gasteiger partial charge < -0.3 is 4.74 Å². The fourth-order valence-corrected chi connectivity index (χ4v) is 3.96. The van der Waals surface area contributed by atoms with Crippen LogP contribution in [-0.4, -0.2) is 19.1 Å². The zero-order chi connectivity index (χ0) is 21.4. The van der Waals surface area contributed by atoms with Crippen LogP contribution in [0.4, 0.5) is 0 Å². The van der Waals surface area contributed by atoms with Crippen LogP contribution in [0.5, 0.6) is 0 Å². The van der Waals surface area contributed by atoms with E-state index < -0.39 is 0 Å². The van der Waals surface area contributed by atoms with Gasteiger partial charge in [0.25, 0.3) is 0 Å². The largest absolute Gasteiger partial charge is 0.462 e. The highest BCUT2D eigenvalue weighted by molar-refractivity contribution is 5.89. The molecule has 1 saturated carbocycles. The first-order valence-electron chi connectivity index (χ1n) is 11.0. The molecule has 0 heterocycles. The molecule has 1 aliphatic rings. The van der Waals surface area contributed by atoms with Crippen molar-refractivity contribution in [3.63, 3.8) is 0 Å². The second-order valence-corrected chi connectivity index (χ2v) is 7.65. The lowest BCUT2D eigenvalue weighted by molar-refractivity contribution is -0.139. The molecule has 0 bridgehead atoms. The number of hydrogen-bond acceptors (Lipinski definition) is 3. The van der Waals surface area contributed by atoms with Gasteiger partial charge in [0.2, 0.25) is 0 Å². The molecule has 0 N–H and O–H groups in total. The smallest absolute Gasteiger partial charge is 0.333 e. The number of rotatable bonds is 12. The van der Waals surface area contributed by atoms with Crippen molar-refractivity contribution in [3.8, 4) is 0 Å². The second kappa shape index (κ2) is 14.2. The Labute approximate surface area is 180 Å². The summed E-state index contributed by atoms with van der Waals surface area (Å²) < 4.78 is 5.44. The van der Waals surface area contributed by atoms with Gasteiger partial charge in [-0.25, -0.2) is 4.79 Å². The molecule has 2 unspecified atom stereocenters. The standard InChI is InChI=1S/C25H33N3O2/c1-2-3-4-5-9-16-24(25(29)30-20-19-27-28-26)23-15-11-10-14-22(23)18-17-21-12-7-6-8-13-21/h2,6-8,12-13,16-18,22-23H,1,3-5,9-11,14-15,19-20H2/b18-17?,24-16+. The minimum Gasteiger partial charge on any atom is -0.462 e. The van der Waals surface area contributed by atoms with Crippen molar-refractivity contribution in [2.75, 3.05) is 13.2 Å². The summed E-state index contributed by atoms with van der Waals surface area (Å²) in [5.41, 5.74) is 10.4. The molecule has 0 amide bonds. The summed E-state index contributed by atoms with van der Waals surface area (Å²) in [7, 11) is 0. The van der Waals surface area contributed by atoms with Gasteiger partial charge in [0.1, 0.15) is 0 Å². The highest BCUT2D eigenvalue weighted by Crippen LogP contribution is 2.37. The first kappa shape index (κ1) is 23.5. The minimum absolute atomic E-state index is 0.119. The Hall–Kier alpha value is -2.78. The zero-order valence-corrected chi connectivity index (χ0v) is 17.8. The average Bonchev–Trinajstić information content (AvgIpc) is 2.79. The van der Waals surface area contributed by atoms with Crippen LogP contribution in [0.25, 0.3) is 16.5 Å². The van der Waals surface area contributed by atoms with Crippen molar-refractivity contribution < 1.29 is 9.53 Å². The number of benzene rings is 1. The highest BCUT2D eigenvalue weighted by Gasteiger charge is 2.30. The van der Waals surface area contributed by atoms with Gasteiger partial charge in [0, 0.05) is 10.5 Å². The molecule has 1 aliphatic carbocycles. The molecule has 2 atom stereocenters. The quantitative estimate of drug-likeness (QED) is 0.0709. The summed E-state index contributed by atoms with van der Waals surface area (Å²) >= 11 is 0. The summed E-state index contributed by atoms with van der Waals surface area (Å²) in [4.78, 5) is 15.6. The van der Waals surface area contributed by atoms with Crippen LogP contribution in [0.2, 0.25) is 0 Å². The summed E-state index contributed by atoms with van der Waals surface area (Å²) in [5.74, 6) is 0.227. The average molecular weight is 408 g/mol. The normalized spacial score (nSPS) is 19.3. The number of esters is 1. The summed E-state index contributed by atoms with van der Waals surface area (Å²) in [6.45, 7) is 4.05. The van der Waals surface area contributed by atoms with Gasteiger partial charge in [-0.1, -0.05) is 72.6 Å². The summed E-state index contributed by atoms with van der Waals surface area (Å²) in [6.07, 6.45) is 16.8. The van der Waals surface area contributed by atoms with Crippen molar-refractivity contribution in [1.29, 1.82) is 0 Å². The van der Waals surface area contributed by atoms with E-state index >= 15 is 0 Å². The van der Waals surface area contributed by atoms with Crippen LogP contribution in [0.3, 0.4) is 0 Å². The molecule has 0 spiro atoms. The van der Waals surface area contributed by atoms with Gasteiger partial charge in [-0.15, -0.1) is 6.58 Å². The topological polar surface area (TPSA) is 75.1 Å². The molecule has 0 saturated heterocycles. The van der Waals surface area contributed by atoms with E-state index in [0.29, 0.717) is 5.92 Å². The third kappa shape index (κ3) is 8.30. The second-order valence-electron chi connectivity index (χ2n) is 7.65. The predicted molar refractivity (Wildman–Crippen MR) is 123 cm³/mol. The van der Waals surface area contributed by atoms with Crippen LogP contribution >= 0.6 is 0 Å². The Kier molecular flexibility index (Phi) is 11.2. The predicted octanol–water partition coefficient (Wildman–Crippen LogP) is 7.03. The van der Waals surface area contributed by atoms with E-state index in [1.807, 2.05) is 24.3 Å². The van der Waals surface area contributed by atoms with Gasteiger partial charge in [0.05, 0.1) is 13.2 Å². The van der Waals surface area contributed by atoms with E-state index in [2.05, 4.69) is 47.0 Å². The molecule has 0 aromatic heterocycles. The number of hydrogen-bond donors (Lipinski definition) is 0. The fraction of sp³-hybridized carbons (Fsp3) is 0.480. The first-order valence-corrected chi connectivity index (χ1v) is 11.0. The van der Waals surface area contributed by atoms with Crippen molar-refractivity contribution in [1.82, 2.24) is 0 Å². The summed E-state index contributed by atoms with van der Waals surface area (Å²) in [6, 6.07) is 10.3. The number of carbonyl (C=O) groups excluding carboxylic acids is 1. The van der Waals surface area contributed by atoms with Crippen molar-refractivity contribution in [2.45, 2.75) is 51.4 Å². The van der Waals surface area contributed by atoms with E-state index in [1.54, 1.807) is 0 Å². The SMILES string of the molecule is C=CCCCC/C=C(/C(=O)OCCN=[N+]=[N-])C1CCCCC1C=Cc1ccccc1. The Balaban J connectivity index is 2.13. The Bertz CT molecular complexity index is 764. The number of azide groups is 1. The molecule has 5 heteroatoms. The molecule has 1 aromatic carbocycles. The van der Waals surface area contributed by atoms with Crippen LogP contribution in [0, 0.1) is 11.8 Å². The van der Waals surface area contributed by atoms with E-state index in [1.165, 1.54) is 12.0 Å². The zero-order valence-electron chi connectivity index (χ0n) is 17.8. The number of ether oxygens (including phenoxy) is 1. The van der Waals surface area contributed by atoms with Crippen LogP contribution in [0.15, 0.2) is 65.8 Å². The molecule has 1 aromatic rings. The number of carbonyl (C=O) groups is 1. The molecule has 1 fully saturated rings. The van der Waals surface area contributed by atoms with E-state index in [9.17, 15) is 4.79 Å². The van der Waals surface area contributed by atoms with Crippen LogP contribution < -0.4 is 0 Å². The molecular formula is C25H33N3O2. The third-order valence-electron chi connectivity index (χ3n) is 5.50. The lowest BCUT2D eigenvalue weighted by Crippen LogP contribution is -2.25. The molecule has 30 heavy (non-hydrogen) atoms. The lowest BCUT2D eigenvalue weighted by Gasteiger charge is -2.31. The number of unbranched alkanes of at least 4 members (excludes halogenated alkanes) is 3. The van der Waals surface area contributed by atoms with Crippen molar-refractivity contribution >= 4 is 12.0 Å². The maximum absolute atomic E-state index is 12.9. The minimum atomic E-state index is -0.267. The number of nitrogens with zero attached hydrogens (tertiary/aromatic N) is 3.